The molecule has 0 aromatic rings. The summed E-state index contributed by atoms with van der Waals surface area (Å²) >= 11 is 0. The minimum absolute atomic E-state index is 0.0392. The van der Waals surface area contributed by atoms with Crippen LogP contribution in [0.3, 0.4) is 0 Å². The second-order valence-electron chi connectivity index (χ2n) is 19.2. The highest BCUT2D eigenvalue weighted by Crippen LogP contribution is 2.26. The predicted molar refractivity (Wildman–Crippen MR) is 271 cm³/mol. The molecule has 67 heavy (non-hydrogen) atoms. The van der Waals surface area contributed by atoms with Crippen molar-refractivity contribution in [3.63, 3.8) is 0 Å². The topological polar surface area (TPSA) is 178 Å². The van der Waals surface area contributed by atoms with Crippen LogP contribution >= 0.6 is 0 Å². The van der Waals surface area contributed by atoms with Gasteiger partial charge >= 0.3 is 16.4 Å². The number of aliphatic hydroxyl groups is 3. The van der Waals surface area contributed by atoms with Gasteiger partial charge in [0.1, 0.15) is 30.5 Å². The summed E-state index contributed by atoms with van der Waals surface area (Å²) in [5.41, 5.74) is 0. The van der Waals surface area contributed by atoms with E-state index in [1.807, 2.05) is 0 Å². The summed E-state index contributed by atoms with van der Waals surface area (Å²) in [5, 5.41) is 30.8. The van der Waals surface area contributed by atoms with E-state index in [1.165, 1.54) is 173 Å². The average molecular weight is 975 g/mol. The third-order valence-electron chi connectivity index (χ3n) is 12.8. The number of unbranched alkanes of at least 4 members (excludes halogenated alkanes) is 32. The molecule has 0 saturated carbocycles. The van der Waals surface area contributed by atoms with Gasteiger partial charge in [0.2, 0.25) is 0 Å². The van der Waals surface area contributed by atoms with Gasteiger partial charge in [-0.3, -0.25) is 9.35 Å². The zero-order chi connectivity index (χ0) is 48.9. The Hall–Kier alpha value is -1.42. The highest BCUT2D eigenvalue weighted by atomic mass is 32.3. The van der Waals surface area contributed by atoms with Crippen LogP contribution in [0.4, 0.5) is 0 Å². The van der Waals surface area contributed by atoms with Crippen molar-refractivity contribution < 1.29 is 56.2 Å². The van der Waals surface area contributed by atoms with Crippen LogP contribution in [-0.2, 0) is 38.3 Å². The fourth-order valence-corrected chi connectivity index (χ4v) is 9.16. The maximum Gasteiger partial charge on any atom is 0.397 e. The molecular formula is C54H102O12S. The number of hydrogen-bond donors (Lipinski definition) is 4. The molecule has 0 spiro atoms. The fourth-order valence-electron chi connectivity index (χ4n) is 8.65. The Labute approximate surface area is 410 Å². The van der Waals surface area contributed by atoms with Crippen LogP contribution in [0.25, 0.3) is 0 Å². The SMILES string of the molecule is CCCCCCC/C=C\C/C=C\CCCCCCCCCCCC(=O)OC(COCCCCCCCCCCCCCCCCCCCCC)COC1OC(CO)C(O)C(OS(=O)(=O)O)C1O. The molecule has 0 bridgehead atoms. The van der Waals surface area contributed by atoms with Crippen molar-refractivity contribution in [2.75, 3.05) is 26.4 Å². The van der Waals surface area contributed by atoms with E-state index in [2.05, 4.69) is 42.3 Å². The molecule has 4 N–H and O–H groups in total. The van der Waals surface area contributed by atoms with Crippen molar-refractivity contribution in [3.8, 4) is 0 Å². The van der Waals surface area contributed by atoms with Crippen molar-refractivity contribution in [1.82, 2.24) is 0 Å². The van der Waals surface area contributed by atoms with Crippen LogP contribution in [-0.4, -0.2) is 97.5 Å². The molecule has 13 heteroatoms. The van der Waals surface area contributed by atoms with Crippen LogP contribution in [0.5, 0.6) is 0 Å². The van der Waals surface area contributed by atoms with Crippen LogP contribution in [0.2, 0.25) is 0 Å². The van der Waals surface area contributed by atoms with E-state index in [9.17, 15) is 33.1 Å². The van der Waals surface area contributed by atoms with E-state index in [4.69, 9.17) is 18.9 Å². The predicted octanol–water partition coefficient (Wildman–Crippen LogP) is 13.1. The van der Waals surface area contributed by atoms with Gasteiger partial charge in [-0.25, -0.2) is 4.18 Å². The van der Waals surface area contributed by atoms with Gasteiger partial charge in [0.05, 0.1) is 19.8 Å². The normalized spacial score (nSPS) is 19.5. The molecule has 6 atom stereocenters. The lowest BCUT2D eigenvalue weighted by molar-refractivity contribution is -0.301. The highest BCUT2D eigenvalue weighted by molar-refractivity contribution is 7.80. The second kappa shape index (κ2) is 45.7. The zero-order valence-corrected chi connectivity index (χ0v) is 43.5. The molecule has 0 amide bonds. The number of allylic oxidation sites excluding steroid dienone is 4. The Morgan fingerprint density at radius 1 is 0.567 bits per heavy atom. The summed E-state index contributed by atoms with van der Waals surface area (Å²) < 4.78 is 59.4. The van der Waals surface area contributed by atoms with Crippen LogP contribution in [0.15, 0.2) is 24.3 Å². The Morgan fingerprint density at radius 2 is 0.985 bits per heavy atom. The lowest BCUT2D eigenvalue weighted by atomic mass is 9.99. The standard InChI is InChI=1S/C54H102O12S/c1-3-5-7-9-11-13-15-17-19-21-23-24-25-27-29-31-33-35-37-39-41-43-50(56)64-48(47-63-54-52(58)53(66-67(59,60)61)51(57)49(45-55)65-54)46-62-44-42-40-38-36-34-32-30-28-26-22-20-18-16-14-12-10-8-6-4-2/h15,17,21,23,48-49,51-55,57-58H,3-14,16,18-20,22,24-47H2,1-2H3,(H,59,60,61)/b17-15-,23-21-. The first kappa shape index (κ1) is 63.6. The molecule has 1 aliphatic heterocycles. The Kier molecular flexibility index (Phi) is 43.4. The van der Waals surface area contributed by atoms with Crippen LogP contribution in [0, 0.1) is 0 Å². The lowest BCUT2D eigenvalue weighted by Gasteiger charge is -2.41. The minimum atomic E-state index is -5.06. The van der Waals surface area contributed by atoms with Gasteiger partial charge in [0.25, 0.3) is 0 Å². The van der Waals surface area contributed by atoms with Crippen molar-refractivity contribution in [2.24, 2.45) is 0 Å². The molecule has 1 saturated heterocycles. The molecule has 12 nitrogen and oxygen atoms in total. The number of rotatable bonds is 49. The highest BCUT2D eigenvalue weighted by Gasteiger charge is 2.48. The van der Waals surface area contributed by atoms with Gasteiger partial charge in [0.15, 0.2) is 6.29 Å². The van der Waals surface area contributed by atoms with Crippen molar-refractivity contribution in [1.29, 1.82) is 0 Å². The molecule has 0 aliphatic carbocycles. The van der Waals surface area contributed by atoms with Crippen molar-refractivity contribution >= 4 is 16.4 Å². The molecule has 1 rings (SSSR count). The van der Waals surface area contributed by atoms with Crippen molar-refractivity contribution in [3.05, 3.63) is 24.3 Å². The Balaban J connectivity index is 2.32. The van der Waals surface area contributed by atoms with E-state index >= 15 is 0 Å². The van der Waals surface area contributed by atoms with E-state index < -0.39 is 59.8 Å². The van der Waals surface area contributed by atoms with E-state index in [0.29, 0.717) is 13.0 Å². The molecule has 1 aliphatic rings. The first-order valence-corrected chi connectivity index (χ1v) is 29.0. The Morgan fingerprint density at radius 3 is 1.42 bits per heavy atom. The maximum atomic E-state index is 12.9. The largest absolute Gasteiger partial charge is 0.457 e. The minimum Gasteiger partial charge on any atom is -0.457 e. The van der Waals surface area contributed by atoms with Gasteiger partial charge in [-0.2, -0.15) is 8.42 Å². The summed E-state index contributed by atoms with van der Waals surface area (Å²) in [6.07, 6.45) is 44.9. The monoisotopic (exact) mass is 975 g/mol. The van der Waals surface area contributed by atoms with Crippen molar-refractivity contribution in [2.45, 2.75) is 288 Å². The number of carbonyl (C=O) groups excluding carboxylic acids is 1. The molecule has 0 aromatic heterocycles. The van der Waals surface area contributed by atoms with E-state index in [-0.39, 0.29) is 19.6 Å². The summed E-state index contributed by atoms with van der Waals surface area (Å²) in [6, 6.07) is 0. The second-order valence-corrected chi connectivity index (χ2v) is 20.2. The summed E-state index contributed by atoms with van der Waals surface area (Å²) in [7, 11) is -5.06. The number of aliphatic hydroxyl groups excluding tert-OH is 3. The quantitative estimate of drug-likeness (QED) is 0.0197. The van der Waals surface area contributed by atoms with Gasteiger partial charge in [-0.05, 0) is 44.9 Å². The third-order valence-corrected chi connectivity index (χ3v) is 13.3. The molecular weight excluding hydrogens is 873 g/mol. The van der Waals surface area contributed by atoms with Crippen LogP contribution < -0.4 is 0 Å². The number of hydrogen-bond acceptors (Lipinski definition) is 11. The smallest absolute Gasteiger partial charge is 0.397 e. The molecule has 0 radical (unpaired) electrons. The molecule has 6 unspecified atom stereocenters. The van der Waals surface area contributed by atoms with Crippen LogP contribution in [0.1, 0.15) is 251 Å². The maximum absolute atomic E-state index is 12.9. The Bertz CT molecular complexity index is 1260. The molecule has 0 aromatic carbocycles. The number of esters is 1. The van der Waals surface area contributed by atoms with Gasteiger partial charge in [-0.1, -0.05) is 224 Å². The van der Waals surface area contributed by atoms with E-state index in [1.54, 1.807) is 0 Å². The number of ether oxygens (including phenoxy) is 4. The van der Waals surface area contributed by atoms with E-state index in [0.717, 1.165) is 51.4 Å². The zero-order valence-electron chi connectivity index (χ0n) is 42.7. The summed E-state index contributed by atoms with van der Waals surface area (Å²) in [6.45, 7) is 4.03. The average Bonchev–Trinajstić information content (AvgIpc) is 3.30. The van der Waals surface area contributed by atoms with Gasteiger partial charge < -0.3 is 34.3 Å². The molecule has 396 valence electrons. The first-order valence-electron chi connectivity index (χ1n) is 27.6. The lowest BCUT2D eigenvalue weighted by Crippen LogP contribution is -2.60. The summed E-state index contributed by atoms with van der Waals surface area (Å²) in [4.78, 5) is 12.9. The fraction of sp³-hybridized carbons (Fsp3) is 0.907. The number of carbonyl (C=O) groups is 1. The van der Waals surface area contributed by atoms with Gasteiger partial charge in [-0.15, -0.1) is 0 Å². The molecule has 1 fully saturated rings. The first-order chi connectivity index (χ1) is 32.6. The third kappa shape index (κ3) is 39.0. The molecule has 1 heterocycles. The van der Waals surface area contributed by atoms with Gasteiger partial charge in [0, 0.05) is 13.0 Å². The summed E-state index contributed by atoms with van der Waals surface area (Å²) in [5.74, 6) is -0.398.